The van der Waals surface area contributed by atoms with Crippen LogP contribution in [0, 0.1) is 5.92 Å². The second-order valence-electron chi connectivity index (χ2n) is 6.05. The molecule has 1 nitrogen and oxygen atoms in total. The second kappa shape index (κ2) is 4.63. The largest absolute Gasteiger partial charge is 0.310 e. The van der Waals surface area contributed by atoms with Crippen molar-refractivity contribution in [2.24, 2.45) is 5.92 Å². The predicted octanol–water partition coefficient (Wildman–Crippen LogP) is 5.23. The summed E-state index contributed by atoms with van der Waals surface area (Å²) in [5, 5.41) is 1.40. The first-order valence-corrected chi connectivity index (χ1v) is 7.61. The van der Waals surface area contributed by atoms with Crippen LogP contribution < -0.4 is 0 Å². The van der Waals surface area contributed by atoms with E-state index in [1.165, 1.54) is 33.4 Å². The maximum atomic E-state index is 2.40. The number of para-hydroxylation sites is 2. The van der Waals surface area contributed by atoms with Gasteiger partial charge in [0.25, 0.3) is 0 Å². The van der Waals surface area contributed by atoms with Crippen molar-refractivity contribution < 1.29 is 0 Å². The fourth-order valence-corrected chi connectivity index (χ4v) is 3.37. The Bertz CT molecular complexity index is 837. The maximum absolute atomic E-state index is 2.40. The van der Waals surface area contributed by atoms with E-state index in [1.807, 2.05) is 0 Å². The molecule has 2 aromatic carbocycles. The quantitative estimate of drug-likeness (QED) is 0.572. The molecule has 0 saturated carbocycles. The lowest BCUT2D eigenvalue weighted by Crippen LogP contribution is -2.09. The summed E-state index contributed by atoms with van der Waals surface area (Å²) in [6.45, 7) is 4.57. The van der Waals surface area contributed by atoms with Gasteiger partial charge in [0.05, 0.1) is 5.52 Å². The number of benzene rings is 2. The van der Waals surface area contributed by atoms with Crippen LogP contribution in [0.1, 0.15) is 25.1 Å². The van der Waals surface area contributed by atoms with Crippen molar-refractivity contribution in [1.29, 1.82) is 0 Å². The van der Waals surface area contributed by atoms with Gasteiger partial charge in [0.1, 0.15) is 0 Å². The van der Waals surface area contributed by atoms with Crippen molar-refractivity contribution >= 4 is 17.0 Å². The summed E-state index contributed by atoms with van der Waals surface area (Å²) in [5.74, 6) is 0.632. The fourth-order valence-electron chi connectivity index (χ4n) is 3.37. The van der Waals surface area contributed by atoms with E-state index in [-0.39, 0.29) is 0 Å². The van der Waals surface area contributed by atoms with Gasteiger partial charge in [-0.2, -0.15) is 0 Å². The minimum atomic E-state index is 0.632. The molecule has 0 amide bonds. The summed E-state index contributed by atoms with van der Waals surface area (Å²) < 4.78 is 2.40. The van der Waals surface area contributed by atoms with Crippen LogP contribution in [0.5, 0.6) is 0 Å². The molecule has 0 spiro atoms. The third-order valence-electron chi connectivity index (χ3n) is 4.69. The summed E-state index contributed by atoms with van der Waals surface area (Å²) in [7, 11) is 0. The second-order valence-corrected chi connectivity index (χ2v) is 6.05. The monoisotopic (exact) mass is 273 g/mol. The first-order valence-electron chi connectivity index (χ1n) is 7.61. The van der Waals surface area contributed by atoms with Crippen LogP contribution in [0.3, 0.4) is 0 Å². The zero-order valence-corrected chi connectivity index (χ0v) is 12.5. The SMILES string of the molecule is CC1=Cc2c(c3ccccc3n2-c2ccccc2)CC1C. The van der Waals surface area contributed by atoms with Gasteiger partial charge in [-0.25, -0.2) is 0 Å². The highest BCUT2D eigenvalue weighted by atomic mass is 15.0. The van der Waals surface area contributed by atoms with Crippen LogP contribution in [0.25, 0.3) is 22.7 Å². The average Bonchev–Trinajstić information content (AvgIpc) is 2.82. The van der Waals surface area contributed by atoms with E-state index in [0.717, 1.165) is 6.42 Å². The van der Waals surface area contributed by atoms with Crippen molar-refractivity contribution in [2.45, 2.75) is 20.3 Å². The molecule has 0 saturated heterocycles. The van der Waals surface area contributed by atoms with Gasteiger partial charge in [-0.05, 0) is 49.1 Å². The highest BCUT2D eigenvalue weighted by molar-refractivity contribution is 5.91. The highest BCUT2D eigenvalue weighted by Crippen LogP contribution is 2.37. The van der Waals surface area contributed by atoms with Crippen molar-refractivity contribution in [3.05, 3.63) is 71.4 Å². The van der Waals surface area contributed by atoms with E-state index in [0.29, 0.717) is 5.92 Å². The van der Waals surface area contributed by atoms with Crippen LogP contribution in [-0.4, -0.2) is 4.57 Å². The number of nitrogens with zero attached hydrogens (tertiary/aromatic N) is 1. The molecule has 0 fully saturated rings. The number of allylic oxidation sites excluding steroid dienone is 1. The van der Waals surface area contributed by atoms with E-state index < -0.39 is 0 Å². The first-order chi connectivity index (χ1) is 10.3. The molecule has 104 valence electrons. The number of hydrogen-bond donors (Lipinski definition) is 0. The van der Waals surface area contributed by atoms with Crippen LogP contribution in [0.2, 0.25) is 0 Å². The third-order valence-corrected chi connectivity index (χ3v) is 4.69. The molecule has 0 bridgehead atoms. The molecule has 1 aliphatic rings. The Labute approximate surface area is 125 Å². The maximum Gasteiger partial charge on any atom is 0.0537 e. The van der Waals surface area contributed by atoms with Gasteiger partial charge in [0, 0.05) is 16.8 Å². The van der Waals surface area contributed by atoms with Crippen LogP contribution in [0.4, 0.5) is 0 Å². The lowest BCUT2D eigenvalue weighted by molar-refractivity contribution is 0.672. The molecule has 1 aromatic heterocycles. The van der Waals surface area contributed by atoms with Gasteiger partial charge in [0.15, 0.2) is 0 Å². The van der Waals surface area contributed by atoms with Gasteiger partial charge >= 0.3 is 0 Å². The van der Waals surface area contributed by atoms with Crippen LogP contribution >= 0.6 is 0 Å². The topological polar surface area (TPSA) is 4.93 Å². The Morgan fingerprint density at radius 3 is 2.48 bits per heavy atom. The summed E-state index contributed by atoms with van der Waals surface area (Å²) >= 11 is 0. The summed E-state index contributed by atoms with van der Waals surface area (Å²) in [6, 6.07) is 19.4. The number of rotatable bonds is 1. The van der Waals surface area contributed by atoms with Gasteiger partial charge in [-0.15, -0.1) is 0 Å². The minimum Gasteiger partial charge on any atom is -0.310 e. The van der Waals surface area contributed by atoms with Gasteiger partial charge < -0.3 is 4.57 Å². The molecule has 1 aliphatic carbocycles. The zero-order valence-electron chi connectivity index (χ0n) is 12.5. The number of hydrogen-bond acceptors (Lipinski definition) is 0. The molecule has 3 aromatic rings. The highest BCUT2D eigenvalue weighted by Gasteiger charge is 2.22. The Hall–Kier alpha value is -2.28. The molecule has 0 aliphatic heterocycles. The van der Waals surface area contributed by atoms with E-state index in [4.69, 9.17) is 0 Å². The lowest BCUT2D eigenvalue weighted by atomic mass is 9.87. The van der Waals surface area contributed by atoms with Crippen molar-refractivity contribution in [2.75, 3.05) is 0 Å². The zero-order chi connectivity index (χ0) is 14.4. The molecule has 0 N–H and O–H groups in total. The Morgan fingerprint density at radius 1 is 0.952 bits per heavy atom. The van der Waals surface area contributed by atoms with Crippen LogP contribution in [-0.2, 0) is 6.42 Å². The van der Waals surface area contributed by atoms with E-state index in [1.54, 1.807) is 0 Å². The first kappa shape index (κ1) is 12.5. The lowest BCUT2D eigenvalue weighted by Gasteiger charge is -2.20. The summed E-state index contributed by atoms with van der Waals surface area (Å²) in [4.78, 5) is 0. The normalized spacial score (nSPS) is 17.6. The van der Waals surface area contributed by atoms with Crippen molar-refractivity contribution in [3.8, 4) is 5.69 Å². The number of fused-ring (bicyclic) bond motifs is 3. The molecule has 1 heteroatoms. The van der Waals surface area contributed by atoms with Gasteiger partial charge in [-0.1, -0.05) is 48.9 Å². The molecule has 1 heterocycles. The Morgan fingerprint density at radius 2 is 1.67 bits per heavy atom. The average molecular weight is 273 g/mol. The molecular formula is C20H19N. The number of aromatic nitrogens is 1. The van der Waals surface area contributed by atoms with Gasteiger partial charge in [-0.3, -0.25) is 0 Å². The summed E-state index contributed by atoms with van der Waals surface area (Å²) in [5.41, 5.74) is 6.88. The van der Waals surface area contributed by atoms with E-state index in [9.17, 15) is 0 Å². The smallest absolute Gasteiger partial charge is 0.0537 e. The van der Waals surface area contributed by atoms with E-state index >= 15 is 0 Å². The molecule has 1 unspecified atom stereocenters. The predicted molar refractivity (Wildman–Crippen MR) is 89.8 cm³/mol. The molecule has 1 atom stereocenters. The Kier molecular flexibility index (Phi) is 2.75. The van der Waals surface area contributed by atoms with Crippen LogP contribution in [0.15, 0.2) is 60.2 Å². The molecule has 21 heavy (non-hydrogen) atoms. The summed E-state index contributed by atoms with van der Waals surface area (Å²) in [6.07, 6.45) is 3.51. The molecule has 0 radical (unpaired) electrons. The Balaban J connectivity index is 2.11. The third kappa shape index (κ3) is 1.84. The minimum absolute atomic E-state index is 0.632. The molecular weight excluding hydrogens is 254 g/mol. The molecule has 4 rings (SSSR count). The fraction of sp³-hybridized carbons (Fsp3) is 0.200. The van der Waals surface area contributed by atoms with Crippen molar-refractivity contribution in [3.63, 3.8) is 0 Å². The van der Waals surface area contributed by atoms with Gasteiger partial charge in [0.2, 0.25) is 0 Å². The van der Waals surface area contributed by atoms with Crippen molar-refractivity contribution in [1.82, 2.24) is 4.57 Å². The standard InChI is InChI=1S/C20H19N/c1-14-12-18-17-10-6-7-11-19(17)21(20(18)13-15(14)2)16-8-4-3-5-9-16/h3-11,13-14H,12H2,1-2H3. The van der Waals surface area contributed by atoms with E-state index in [2.05, 4.69) is 79.1 Å².